The maximum atomic E-state index is 10.4. The van der Waals surface area contributed by atoms with Crippen LogP contribution in [-0.2, 0) is 0 Å². The Bertz CT molecular complexity index is 580. The van der Waals surface area contributed by atoms with Crippen LogP contribution in [-0.4, -0.2) is 12.2 Å². The molecule has 2 nitrogen and oxygen atoms in total. The van der Waals surface area contributed by atoms with Crippen LogP contribution >= 0.6 is 0 Å². The highest BCUT2D eigenvalue weighted by Crippen LogP contribution is 2.22. The lowest BCUT2D eigenvalue weighted by atomic mass is 10.0. The van der Waals surface area contributed by atoms with Gasteiger partial charge in [0.05, 0.1) is 5.70 Å². The maximum absolute atomic E-state index is 10.4. The summed E-state index contributed by atoms with van der Waals surface area (Å²) in [5.74, 6) is 0.270. The van der Waals surface area contributed by atoms with E-state index < -0.39 is 0 Å². The molecule has 0 spiro atoms. The molecule has 0 saturated heterocycles. The van der Waals surface area contributed by atoms with E-state index in [1.54, 1.807) is 0 Å². The summed E-state index contributed by atoms with van der Waals surface area (Å²) in [4.78, 5) is 0. The summed E-state index contributed by atoms with van der Waals surface area (Å²) in [6, 6.07) is 15.9. The van der Waals surface area contributed by atoms with E-state index in [9.17, 15) is 5.11 Å². The summed E-state index contributed by atoms with van der Waals surface area (Å²) in [7, 11) is 1.82. The smallest absolute Gasteiger partial charge is 0.146 e. The summed E-state index contributed by atoms with van der Waals surface area (Å²) < 4.78 is 0. The molecule has 19 heavy (non-hydrogen) atoms. The number of rotatable bonds is 3. The highest BCUT2D eigenvalue weighted by Gasteiger charge is 2.08. The summed E-state index contributed by atoms with van der Waals surface area (Å²) in [5.41, 5.74) is 4.91. The van der Waals surface area contributed by atoms with Crippen LogP contribution in [0.3, 0.4) is 0 Å². The molecule has 98 valence electrons. The van der Waals surface area contributed by atoms with E-state index in [-0.39, 0.29) is 5.76 Å². The van der Waals surface area contributed by atoms with Crippen LogP contribution in [0, 0.1) is 13.8 Å². The minimum absolute atomic E-state index is 0.270. The number of hydrogen-bond donors (Lipinski definition) is 2. The standard InChI is InChI=1S/C17H19NO/c1-12-4-8-14(9-5-12)16(18-3)17(19)15-10-6-13(2)7-11-15/h4-11,18-19H,1-3H3/b17-16-. The summed E-state index contributed by atoms with van der Waals surface area (Å²) in [6.07, 6.45) is 0. The Labute approximate surface area is 114 Å². The van der Waals surface area contributed by atoms with Crippen molar-refractivity contribution in [2.45, 2.75) is 13.8 Å². The molecule has 0 amide bonds. The first kappa shape index (κ1) is 13.2. The molecular formula is C17H19NO. The van der Waals surface area contributed by atoms with Crippen LogP contribution in [0.5, 0.6) is 0 Å². The van der Waals surface area contributed by atoms with Crippen molar-refractivity contribution in [3.8, 4) is 0 Å². The highest BCUT2D eigenvalue weighted by molar-refractivity contribution is 5.85. The Morgan fingerprint density at radius 1 is 0.789 bits per heavy atom. The molecular weight excluding hydrogens is 234 g/mol. The average molecular weight is 253 g/mol. The molecule has 0 atom stereocenters. The number of aryl methyl sites for hydroxylation is 2. The molecule has 0 saturated carbocycles. The van der Waals surface area contributed by atoms with E-state index in [1.165, 1.54) is 11.1 Å². The fourth-order valence-corrected chi connectivity index (χ4v) is 1.98. The Kier molecular flexibility index (Phi) is 3.91. The van der Waals surface area contributed by atoms with Crippen LogP contribution in [0.2, 0.25) is 0 Å². The fourth-order valence-electron chi connectivity index (χ4n) is 1.98. The molecule has 0 aliphatic rings. The molecule has 0 radical (unpaired) electrons. The zero-order chi connectivity index (χ0) is 13.8. The van der Waals surface area contributed by atoms with Gasteiger partial charge in [-0.05, 0) is 13.8 Å². The first-order valence-electron chi connectivity index (χ1n) is 6.37. The van der Waals surface area contributed by atoms with Crippen molar-refractivity contribution < 1.29 is 5.11 Å². The van der Waals surface area contributed by atoms with Gasteiger partial charge in [0.1, 0.15) is 5.76 Å². The average Bonchev–Trinajstić information content (AvgIpc) is 2.42. The molecule has 0 aliphatic heterocycles. The lowest BCUT2D eigenvalue weighted by molar-refractivity contribution is 0.511. The molecule has 0 aliphatic carbocycles. The molecule has 0 fully saturated rings. The lowest BCUT2D eigenvalue weighted by Gasteiger charge is -2.11. The van der Waals surface area contributed by atoms with Gasteiger partial charge in [0, 0.05) is 18.2 Å². The van der Waals surface area contributed by atoms with Gasteiger partial charge < -0.3 is 10.4 Å². The van der Waals surface area contributed by atoms with Crippen LogP contribution in [0.4, 0.5) is 0 Å². The summed E-state index contributed by atoms with van der Waals surface area (Å²) >= 11 is 0. The third kappa shape index (κ3) is 2.97. The quantitative estimate of drug-likeness (QED) is 0.642. The molecule has 2 rings (SSSR count). The third-order valence-electron chi connectivity index (χ3n) is 3.15. The predicted octanol–water partition coefficient (Wildman–Crippen LogP) is 3.91. The van der Waals surface area contributed by atoms with Gasteiger partial charge >= 0.3 is 0 Å². The maximum Gasteiger partial charge on any atom is 0.146 e. The zero-order valence-corrected chi connectivity index (χ0v) is 11.6. The number of nitrogens with one attached hydrogen (secondary N) is 1. The number of aliphatic hydroxyl groups excluding tert-OH is 1. The van der Waals surface area contributed by atoms with Crippen molar-refractivity contribution in [1.29, 1.82) is 0 Å². The highest BCUT2D eigenvalue weighted by atomic mass is 16.3. The number of aliphatic hydroxyl groups is 1. The Morgan fingerprint density at radius 2 is 1.21 bits per heavy atom. The lowest BCUT2D eigenvalue weighted by Crippen LogP contribution is -2.08. The van der Waals surface area contributed by atoms with Crippen molar-refractivity contribution in [2.75, 3.05) is 7.05 Å². The van der Waals surface area contributed by atoms with Gasteiger partial charge in [0.15, 0.2) is 0 Å². The van der Waals surface area contributed by atoms with E-state index in [0.717, 1.165) is 16.8 Å². The van der Waals surface area contributed by atoms with E-state index >= 15 is 0 Å². The van der Waals surface area contributed by atoms with Gasteiger partial charge in [0.2, 0.25) is 0 Å². The Balaban J connectivity index is 2.46. The minimum Gasteiger partial charge on any atom is -0.505 e. The predicted molar refractivity (Wildman–Crippen MR) is 80.9 cm³/mol. The van der Waals surface area contributed by atoms with Gasteiger partial charge in [-0.15, -0.1) is 0 Å². The van der Waals surface area contributed by atoms with Crippen molar-refractivity contribution >= 4 is 11.5 Å². The SMILES string of the molecule is CN/C(=C(\O)c1ccc(C)cc1)c1ccc(C)cc1. The van der Waals surface area contributed by atoms with Gasteiger partial charge in [-0.1, -0.05) is 59.7 Å². The van der Waals surface area contributed by atoms with E-state index in [2.05, 4.69) is 5.32 Å². The van der Waals surface area contributed by atoms with E-state index in [1.807, 2.05) is 69.4 Å². The van der Waals surface area contributed by atoms with E-state index in [4.69, 9.17) is 0 Å². The molecule has 2 aromatic rings. The molecule has 2 N–H and O–H groups in total. The topological polar surface area (TPSA) is 32.3 Å². The van der Waals surface area contributed by atoms with Crippen LogP contribution in [0.1, 0.15) is 22.3 Å². The van der Waals surface area contributed by atoms with Crippen LogP contribution in [0.15, 0.2) is 48.5 Å². The largest absolute Gasteiger partial charge is 0.505 e. The second-order valence-electron chi connectivity index (χ2n) is 4.71. The molecule has 0 unspecified atom stereocenters. The van der Waals surface area contributed by atoms with Crippen molar-refractivity contribution in [3.05, 3.63) is 70.8 Å². The summed E-state index contributed by atoms with van der Waals surface area (Å²) in [6.45, 7) is 4.08. The minimum atomic E-state index is 0.270. The third-order valence-corrected chi connectivity index (χ3v) is 3.15. The monoisotopic (exact) mass is 253 g/mol. The first-order valence-corrected chi connectivity index (χ1v) is 6.37. The number of benzene rings is 2. The summed E-state index contributed by atoms with van der Waals surface area (Å²) in [5, 5.41) is 13.5. The van der Waals surface area contributed by atoms with Gasteiger partial charge in [-0.3, -0.25) is 0 Å². The van der Waals surface area contributed by atoms with Gasteiger partial charge in [-0.25, -0.2) is 0 Å². The van der Waals surface area contributed by atoms with Crippen LogP contribution in [0.25, 0.3) is 11.5 Å². The fraction of sp³-hybridized carbons (Fsp3) is 0.176. The van der Waals surface area contributed by atoms with Gasteiger partial charge in [-0.2, -0.15) is 0 Å². The molecule has 2 aromatic carbocycles. The molecule has 0 aromatic heterocycles. The van der Waals surface area contributed by atoms with E-state index in [0.29, 0.717) is 0 Å². The zero-order valence-electron chi connectivity index (χ0n) is 11.6. The van der Waals surface area contributed by atoms with Crippen molar-refractivity contribution in [3.63, 3.8) is 0 Å². The molecule has 0 bridgehead atoms. The molecule has 2 heteroatoms. The second-order valence-corrected chi connectivity index (χ2v) is 4.71. The van der Waals surface area contributed by atoms with Crippen molar-refractivity contribution in [1.82, 2.24) is 5.32 Å². The molecule has 0 heterocycles. The Hall–Kier alpha value is -2.22. The van der Waals surface area contributed by atoms with Gasteiger partial charge in [0.25, 0.3) is 0 Å². The number of hydrogen-bond acceptors (Lipinski definition) is 2. The van der Waals surface area contributed by atoms with Crippen LogP contribution < -0.4 is 5.32 Å². The normalized spacial score (nSPS) is 11.9. The van der Waals surface area contributed by atoms with Crippen molar-refractivity contribution in [2.24, 2.45) is 0 Å². The first-order chi connectivity index (χ1) is 9.11. The Morgan fingerprint density at radius 3 is 1.63 bits per heavy atom. The second kappa shape index (κ2) is 5.61.